The van der Waals surface area contributed by atoms with Gasteiger partial charge in [-0.05, 0) is 30.7 Å². The minimum atomic E-state index is 0.179. The summed E-state index contributed by atoms with van der Waals surface area (Å²) in [5, 5.41) is 13.2. The van der Waals surface area contributed by atoms with E-state index in [1.807, 2.05) is 36.4 Å². The third-order valence-electron chi connectivity index (χ3n) is 3.78. The fraction of sp³-hybridized carbons (Fsp3) is 0.294. The first kappa shape index (κ1) is 13.0. The van der Waals surface area contributed by atoms with Crippen LogP contribution in [0.3, 0.4) is 0 Å². The Morgan fingerprint density at radius 1 is 1.20 bits per heavy atom. The Labute approximate surface area is 119 Å². The largest absolute Gasteiger partial charge is 0.508 e. The normalized spacial score (nSPS) is 18.9. The molecule has 0 amide bonds. The predicted molar refractivity (Wildman–Crippen MR) is 79.0 cm³/mol. The first-order chi connectivity index (χ1) is 9.74. The van der Waals surface area contributed by atoms with Crippen molar-refractivity contribution in [2.24, 2.45) is 0 Å². The summed E-state index contributed by atoms with van der Waals surface area (Å²) in [4.78, 5) is 0. The molecule has 3 heteroatoms. The maximum absolute atomic E-state index is 9.58. The highest BCUT2D eigenvalue weighted by Crippen LogP contribution is 2.33. The number of phenols is 1. The average molecular weight is 269 g/mol. The van der Waals surface area contributed by atoms with Gasteiger partial charge in [0.15, 0.2) is 0 Å². The van der Waals surface area contributed by atoms with Crippen molar-refractivity contribution in [3.63, 3.8) is 0 Å². The minimum absolute atomic E-state index is 0.179. The number of phenolic OH excluding ortho intramolecular Hbond substituents is 1. The Morgan fingerprint density at radius 3 is 2.90 bits per heavy atom. The number of hydrogen-bond donors (Lipinski definition) is 2. The zero-order valence-corrected chi connectivity index (χ0v) is 11.5. The van der Waals surface area contributed by atoms with E-state index in [4.69, 9.17) is 4.74 Å². The predicted octanol–water partition coefficient (Wildman–Crippen LogP) is 3.57. The Morgan fingerprint density at radius 2 is 2.05 bits per heavy atom. The van der Waals surface area contributed by atoms with Crippen molar-refractivity contribution in [3.8, 4) is 11.5 Å². The van der Waals surface area contributed by atoms with Gasteiger partial charge in [-0.25, -0.2) is 0 Å². The zero-order valence-electron chi connectivity index (χ0n) is 11.5. The smallest absolute Gasteiger partial charge is 0.124 e. The lowest BCUT2D eigenvalue weighted by molar-refractivity contribution is 0.246. The summed E-state index contributed by atoms with van der Waals surface area (Å²) in [6.07, 6.45) is 0.959. The van der Waals surface area contributed by atoms with Crippen LogP contribution in [0, 0.1) is 0 Å². The van der Waals surface area contributed by atoms with Gasteiger partial charge in [-0.2, -0.15) is 0 Å². The highest BCUT2D eigenvalue weighted by Gasteiger charge is 2.22. The van der Waals surface area contributed by atoms with E-state index in [2.05, 4.69) is 18.3 Å². The van der Waals surface area contributed by atoms with Crippen molar-refractivity contribution in [3.05, 3.63) is 59.7 Å². The van der Waals surface area contributed by atoms with Gasteiger partial charge in [-0.15, -0.1) is 0 Å². The van der Waals surface area contributed by atoms with E-state index in [1.54, 1.807) is 6.07 Å². The summed E-state index contributed by atoms with van der Waals surface area (Å²) in [7, 11) is 0. The topological polar surface area (TPSA) is 41.5 Å². The third kappa shape index (κ3) is 2.63. The number of rotatable bonds is 3. The van der Waals surface area contributed by atoms with Gasteiger partial charge in [-0.1, -0.05) is 30.3 Å². The maximum Gasteiger partial charge on any atom is 0.124 e. The first-order valence-electron chi connectivity index (χ1n) is 7.01. The van der Waals surface area contributed by atoms with Crippen LogP contribution in [0.25, 0.3) is 0 Å². The fourth-order valence-corrected chi connectivity index (χ4v) is 2.71. The summed E-state index contributed by atoms with van der Waals surface area (Å²) in [5.41, 5.74) is 2.31. The molecular weight excluding hydrogens is 250 g/mol. The highest BCUT2D eigenvalue weighted by atomic mass is 16.5. The van der Waals surface area contributed by atoms with Crippen molar-refractivity contribution in [2.45, 2.75) is 25.4 Å². The molecule has 1 aliphatic rings. The number of nitrogens with one attached hydrogen (secondary N) is 1. The van der Waals surface area contributed by atoms with Gasteiger partial charge in [-0.3, -0.25) is 0 Å². The SMILES string of the molecule is CC(NC1CCOc2ccccc21)c1cccc(O)c1. The van der Waals surface area contributed by atoms with Crippen LogP contribution in [0.4, 0.5) is 0 Å². The Balaban J connectivity index is 1.79. The van der Waals surface area contributed by atoms with Crippen LogP contribution in [-0.4, -0.2) is 11.7 Å². The molecule has 20 heavy (non-hydrogen) atoms. The van der Waals surface area contributed by atoms with E-state index in [0.717, 1.165) is 24.3 Å². The minimum Gasteiger partial charge on any atom is -0.508 e. The summed E-state index contributed by atoms with van der Waals surface area (Å²) in [5.74, 6) is 1.28. The lowest BCUT2D eigenvalue weighted by Crippen LogP contribution is -2.29. The Hall–Kier alpha value is -2.00. The monoisotopic (exact) mass is 269 g/mol. The van der Waals surface area contributed by atoms with Crippen molar-refractivity contribution in [1.29, 1.82) is 0 Å². The van der Waals surface area contributed by atoms with E-state index >= 15 is 0 Å². The van der Waals surface area contributed by atoms with E-state index in [-0.39, 0.29) is 12.1 Å². The van der Waals surface area contributed by atoms with Crippen molar-refractivity contribution in [2.75, 3.05) is 6.61 Å². The number of hydrogen-bond acceptors (Lipinski definition) is 3. The van der Waals surface area contributed by atoms with E-state index < -0.39 is 0 Å². The molecule has 2 aromatic carbocycles. The second-order valence-electron chi connectivity index (χ2n) is 5.21. The molecule has 2 N–H and O–H groups in total. The van der Waals surface area contributed by atoms with Crippen LogP contribution in [0.5, 0.6) is 11.5 Å². The van der Waals surface area contributed by atoms with Crippen molar-refractivity contribution in [1.82, 2.24) is 5.32 Å². The molecule has 0 spiro atoms. The molecule has 0 aromatic heterocycles. The molecule has 3 nitrogen and oxygen atoms in total. The molecule has 2 aromatic rings. The summed E-state index contributed by atoms with van der Waals surface area (Å²) in [6.45, 7) is 2.86. The maximum atomic E-state index is 9.58. The number of fused-ring (bicyclic) bond motifs is 1. The average Bonchev–Trinajstić information content (AvgIpc) is 2.47. The molecule has 3 rings (SSSR count). The quantitative estimate of drug-likeness (QED) is 0.895. The lowest BCUT2D eigenvalue weighted by atomic mass is 9.98. The molecule has 0 saturated carbocycles. The molecule has 0 aliphatic carbocycles. The highest BCUT2D eigenvalue weighted by molar-refractivity contribution is 5.38. The summed E-state index contributed by atoms with van der Waals surface area (Å²) >= 11 is 0. The fourth-order valence-electron chi connectivity index (χ4n) is 2.71. The van der Waals surface area contributed by atoms with Gasteiger partial charge >= 0.3 is 0 Å². The van der Waals surface area contributed by atoms with Gasteiger partial charge in [0.1, 0.15) is 11.5 Å². The first-order valence-corrected chi connectivity index (χ1v) is 7.01. The number of benzene rings is 2. The molecule has 1 heterocycles. The number of para-hydroxylation sites is 1. The van der Waals surface area contributed by atoms with Gasteiger partial charge in [0.25, 0.3) is 0 Å². The molecular formula is C17H19NO2. The molecule has 0 saturated heterocycles. The van der Waals surface area contributed by atoms with Crippen LogP contribution in [0.1, 0.15) is 36.6 Å². The van der Waals surface area contributed by atoms with Crippen molar-refractivity contribution < 1.29 is 9.84 Å². The van der Waals surface area contributed by atoms with E-state index in [0.29, 0.717) is 5.75 Å². The zero-order chi connectivity index (χ0) is 13.9. The molecule has 0 fully saturated rings. The molecule has 1 aliphatic heterocycles. The third-order valence-corrected chi connectivity index (χ3v) is 3.78. The second-order valence-corrected chi connectivity index (χ2v) is 5.21. The van der Waals surface area contributed by atoms with Gasteiger partial charge in [0.05, 0.1) is 6.61 Å². The second kappa shape index (κ2) is 5.55. The number of aromatic hydroxyl groups is 1. The molecule has 2 atom stereocenters. The van der Waals surface area contributed by atoms with E-state index in [1.165, 1.54) is 5.56 Å². The van der Waals surface area contributed by atoms with Gasteiger partial charge in [0, 0.05) is 24.1 Å². The molecule has 0 bridgehead atoms. The van der Waals surface area contributed by atoms with Crippen LogP contribution in [-0.2, 0) is 0 Å². The van der Waals surface area contributed by atoms with Crippen LogP contribution < -0.4 is 10.1 Å². The van der Waals surface area contributed by atoms with E-state index in [9.17, 15) is 5.11 Å². The molecule has 2 unspecified atom stereocenters. The van der Waals surface area contributed by atoms with Crippen LogP contribution >= 0.6 is 0 Å². The summed E-state index contributed by atoms with van der Waals surface area (Å²) < 4.78 is 5.68. The molecule has 0 radical (unpaired) electrons. The van der Waals surface area contributed by atoms with Crippen LogP contribution in [0.2, 0.25) is 0 Å². The lowest BCUT2D eigenvalue weighted by Gasteiger charge is -2.29. The van der Waals surface area contributed by atoms with Crippen molar-refractivity contribution >= 4 is 0 Å². The number of ether oxygens (including phenoxy) is 1. The Kier molecular flexibility index (Phi) is 3.61. The molecule has 104 valence electrons. The van der Waals surface area contributed by atoms with Crippen LogP contribution in [0.15, 0.2) is 48.5 Å². The summed E-state index contributed by atoms with van der Waals surface area (Å²) in [6, 6.07) is 16.0. The van der Waals surface area contributed by atoms with Gasteiger partial charge in [0.2, 0.25) is 0 Å². The van der Waals surface area contributed by atoms with Gasteiger partial charge < -0.3 is 15.2 Å². The standard InChI is InChI=1S/C17H19NO2/c1-12(13-5-4-6-14(19)11-13)18-16-9-10-20-17-8-3-2-7-15(16)17/h2-8,11-12,16,18-19H,9-10H2,1H3. The Bertz CT molecular complexity index is 597.